The van der Waals surface area contributed by atoms with Gasteiger partial charge in [0, 0.05) is 34.5 Å². The number of amides is 1. The molecule has 4 rings (SSSR count). The molecule has 0 unspecified atom stereocenters. The lowest BCUT2D eigenvalue weighted by Gasteiger charge is -2.03. The lowest BCUT2D eigenvalue weighted by molar-refractivity contribution is 0.101. The first-order valence-electron chi connectivity index (χ1n) is 8.15. The summed E-state index contributed by atoms with van der Waals surface area (Å²) in [5, 5.41) is 9.54. The van der Waals surface area contributed by atoms with Gasteiger partial charge in [0.25, 0.3) is 5.91 Å². The van der Waals surface area contributed by atoms with Gasteiger partial charge in [-0.3, -0.25) is 4.79 Å². The summed E-state index contributed by atoms with van der Waals surface area (Å²) in [6, 6.07) is 16.5. The number of hydrogen-bond donors (Lipinski definition) is 1. The van der Waals surface area contributed by atoms with Crippen molar-refractivity contribution in [1.29, 1.82) is 0 Å². The number of carbonyl (C=O) groups excluding carboxylic acids is 1. The molecule has 0 bridgehead atoms. The van der Waals surface area contributed by atoms with E-state index in [0.717, 1.165) is 16.1 Å². The highest BCUT2D eigenvalue weighted by Gasteiger charge is 2.14. The molecule has 1 amide bonds. The summed E-state index contributed by atoms with van der Waals surface area (Å²) >= 11 is 1.57. The van der Waals surface area contributed by atoms with Gasteiger partial charge in [-0.05, 0) is 36.4 Å². The molecule has 2 heterocycles. The van der Waals surface area contributed by atoms with Crippen LogP contribution < -0.4 is 10.1 Å². The van der Waals surface area contributed by atoms with Crippen LogP contribution in [0.3, 0.4) is 0 Å². The predicted molar refractivity (Wildman–Crippen MR) is 104 cm³/mol. The van der Waals surface area contributed by atoms with E-state index in [4.69, 9.17) is 9.26 Å². The highest BCUT2D eigenvalue weighted by atomic mass is 32.1. The predicted octanol–water partition coefficient (Wildman–Crippen LogP) is 4.73. The van der Waals surface area contributed by atoms with Gasteiger partial charge in [-0.15, -0.1) is 11.3 Å². The van der Waals surface area contributed by atoms with Crippen LogP contribution in [0, 0.1) is 0 Å². The zero-order chi connectivity index (χ0) is 18.6. The molecule has 134 valence electrons. The number of benzene rings is 2. The lowest BCUT2D eigenvalue weighted by Crippen LogP contribution is -2.11. The first-order valence-corrected chi connectivity index (χ1v) is 9.03. The number of anilines is 1. The smallest absolute Gasteiger partial charge is 0.277 e. The van der Waals surface area contributed by atoms with Gasteiger partial charge in [-0.2, -0.15) is 0 Å². The molecule has 0 aliphatic heterocycles. The molecule has 0 fully saturated rings. The molecule has 0 saturated heterocycles. The van der Waals surface area contributed by atoms with E-state index < -0.39 is 0 Å². The maximum absolute atomic E-state index is 12.4. The number of methoxy groups -OCH3 is 1. The number of rotatable bonds is 5. The molecule has 1 N–H and O–H groups in total. The molecule has 0 spiro atoms. The maximum atomic E-state index is 12.4. The zero-order valence-electron chi connectivity index (χ0n) is 14.4. The summed E-state index contributed by atoms with van der Waals surface area (Å²) < 4.78 is 10.5. The van der Waals surface area contributed by atoms with Gasteiger partial charge in [0.05, 0.1) is 7.11 Å². The molecule has 27 heavy (non-hydrogen) atoms. The largest absolute Gasteiger partial charge is 0.497 e. The second kappa shape index (κ2) is 7.43. The fraction of sp³-hybridized carbons (Fsp3) is 0.0500. The summed E-state index contributed by atoms with van der Waals surface area (Å²) in [5.74, 6) is 0.864. The Morgan fingerprint density at radius 1 is 1.11 bits per heavy atom. The van der Waals surface area contributed by atoms with Crippen molar-refractivity contribution in [3.8, 4) is 27.6 Å². The van der Waals surface area contributed by atoms with Gasteiger partial charge in [0.2, 0.25) is 0 Å². The Kier molecular flexibility index (Phi) is 4.67. The monoisotopic (exact) mass is 377 g/mol. The van der Waals surface area contributed by atoms with Gasteiger partial charge in [-0.25, -0.2) is 4.98 Å². The second-order valence-corrected chi connectivity index (χ2v) is 6.57. The van der Waals surface area contributed by atoms with E-state index in [9.17, 15) is 4.79 Å². The molecule has 7 heteroatoms. The summed E-state index contributed by atoms with van der Waals surface area (Å²) in [5.41, 5.74) is 2.67. The molecular weight excluding hydrogens is 362 g/mol. The highest BCUT2D eigenvalue weighted by molar-refractivity contribution is 7.13. The average molecular weight is 377 g/mol. The third-order valence-electron chi connectivity index (χ3n) is 3.92. The third kappa shape index (κ3) is 3.73. The standard InChI is InChI=1S/C20H15N3O3S/c1-25-16-4-2-3-14(11-16)18-12-17(23-26-18)19(24)22-15-7-5-13(6-8-15)20-21-9-10-27-20/h2-12H,1H3,(H,22,24). The number of carbonyl (C=O) groups is 1. The van der Waals surface area contributed by atoms with Crippen LogP contribution in [0.25, 0.3) is 21.9 Å². The van der Waals surface area contributed by atoms with Crippen LogP contribution in [-0.2, 0) is 0 Å². The van der Waals surface area contributed by atoms with Crippen LogP contribution in [0.1, 0.15) is 10.5 Å². The second-order valence-electron chi connectivity index (χ2n) is 5.68. The van der Waals surface area contributed by atoms with Crippen LogP contribution in [0.5, 0.6) is 5.75 Å². The van der Waals surface area contributed by atoms with Gasteiger partial charge >= 0.3 is 0 Å². The number of thiazole rings is 1. The van der Waals surface area contributed by atoms with E-state index in [0.29, 0.717) is 17.2 Å². The third-order valence-corrected chi connectivity index (χ3v) is 4.74. The van der Waals surface area contributed by atoms with Crippen molar-refractivity contribution in [2.75, 3.05) is 12.4 Å². The van der Waals surface area contributed by atoms with Crippen molar-refractivity contribution >= 4 is 22.9 Å². The fourth-order valence-electron chi connectivity index (χ4n) is 2.55. The Bertz CT molecular complexity index is 1060. The summed E-state index contributed by atoms with van der Waals surface area (Å²) in [4.78, 5) is 16.7. The minimum absolute atomic E-state index is 0.205. The zero-order valence-corrected chi connectivity index (χ0v) is 15.2. The Labute approximate surface area is 159 Å². The molecule has 0 saturated carbocycles. The van der Waals surface area contributed by atoms with Crippen LogP contribution in [0.2, 0.25) is 0 Å². The summed E-state index contributed by atoms with van der Waals surface area (Å²) in [6.45, 7) is 0. The van der Waals surface area contributed by atoms with E-state index in [1.165, 1.54) is 0 Å². The fourth-order valence-corrected chi connectivity index (χ4v) is 3.20. The lowest BCUT2D eigenvalue weighted by atomic mass is 10.1. The molecule has 0 aliphatic rings. The molecule has 0 atom stereocenters. The minimum Gasteiger partial charge on any atom is -0.497 e. The van der Waals surface area contributed by atoms with Crippen LogP contribution in [-0.4, -0.2) is 23.2 Å². The molecule has 2 aromatic heterocycles. The molecule has 0 radical (unpaired) electrons. The first kappa shape index (κ1) is 17.0. The van der Waals surface area contributed by atoms with Crippen LogP contribution in [0.15, 0.2) is 70.7 Å². The minimum atomic E-state index is -0.338. The molecule has 0 aliphatic carbocycles. The Morgan fingerprint density at radius 2 is 1.96 bits per heavy atom. The number of ether oxygens (including phenoxy) is 1. The van der Waals surface area contributed by atoms with Gasteiger partial charge in [0.1, 0.15) is 10.8 Å². The van der Waals surface area contributed by atoms with Crippen molar-refractivity contribution < 1.29 is 14.1 Å². The molecular formula is C20H15N3O3S. The topological polar surface area (TPSA) is 77.2 Å². The Balaban J connectivity index is 1.48. The number of aromatic nitrogens is 2. The summed E-state index contributed by atoms with van der Waals surface area (Å²) in [6.07, 6.45) is 1.76. The van der Waals surface area contributed by atoms with Crippen LogP contribution >= 0.6 is 11.3 Å². The number of nitrogens with zero attached hydrogens (tertiary/aromatic N) is 2. The molecule has 4 aromatic rings. The van der Waals surface area contributed by atoms with Gasteiger partial charge in [0.15, 0.2) is 11.5 Å². The SMILES string of the molecule is COc1cccc(-c2cc(C(=O)Nc3ccc(-c4nccs4)cc3)no2)c1. The maximum Gasteiger partial charge on any atom is 0.277 e. The average Bonchev–Trinajstić information content (AvgIpc) is 3.41. The quantitative estimate of drug-likeness (QED) is 0.544. The van der Waals surface area contributed by atoms with E-state index in [2.05, 4.69) is 15.5 Å². The highest BCUT2D eigenvalue weighted by Crippen LogP contribution is 2.26. The summed E-state index contributed by atoms with van der Waals surface area (Å²) in [7, 11) is 1.60. The number of nitrogens with one attached hydrogen (secondary N) is 1. The Hall–Kier alpha value is -3.45. The normalized spacial score (nSPS) is 10.6. The van der Waals surface area contributed by atoms with Crippen molar-refractivity contribution in [3.63, 3.8) is 0 Å². The first-order chi connectivity index (χ1) is 13.2. The Morgan fingerprint density at radius 3 is 2.70 bits per heavy atom. The van der Waals surface area contributed by atoms with E-state index in [1.54, 1.807) is 30.7 Å². The van der Waals surface area contributed by atoms with Crippen molar-refractivity contribution in [3.05, 3.63) is 71.9 Å². The van der Waals surface area contributed by atoms with E-state index in [1.807, 2.05) is 53.9 Å². The van der Waals surface area contributed by atoms with Crippen molar-refractivity contribution in [2.24, 2.45) is 0 Å². The van der Waals surface area contributed by atoms with Gasteiger partial charge < -0.3 is 14.6 Å². The van der Waals surface area contributed by atoms with Crippen LogP contribution in [0.4, 0.5) is 5.69 Å². The number of hydrogen-bond acceptors (Lipinski definition) is 6. The van der Waals surface area contributed by atoms with Crippen molar-refractivity contribution in [2.45, 2.75) is 0 Å². The van der Waals surface area contributed by atoms with E-state index >= 15 is 0 Å². The van der Waals surface area contributed by atoms with Crippen molar-refractivity contribution in [1.82, 2.24) is 10.1 Å². The molecule has 6 nitrogen and oxygen atoms in total. The molecule has 2 aromatic carbocycles. The van der Waals surface area contributed by atoms with E-state index in [-0.39, 0.29) is 11.6 Å². The van der Waals surface area contributed by atoms with Gasteiger partial charge in [-0.1, -0.05) is 17.3 Å².